The van der Waals surface area contributed by atoms with Gasteiger partial charge >= 0.3 is 0 Å². The summed E-state index contributed by atoms with van der Waals surface area (Å²) in [5.74, 6) is -0.193. The molecule has 0 bridgehead atoms. The van der Waals surface area contributed by atoms with Crippen molar-refractivity contribution in [2.24, 2.45) is 0 Å². The van der Waals surface area contributed by atoms with Crippen LogP contribution in [0.3, 0.4) is 0 Å². The third-order valence-corrected chi connectivity index (χ3v) is 4.33. The van der Waals surface area contributed by atoms with Crippen molar-refractivity contribution >= 4 is 17.5 Å². The zero-order chi connectivity index (χ0) is 20.8. The first-order chi connectivity index (χ1) is 14.7. The molecule has 0 unspecified atom stereocenters. The van der Waals surface area contributed by atoms with E-state index in [0.29, 0.717) is 12.2 Å². The van der Waals surface area contributed by atoms with Gasteiger partial charge in [-0.05, 0) is 58.0 Å². The second-order valence-electron chi connectivity index (χ2n) is 6.51. The number of carbonyl (C=O) groups excluding carboxylic acids is 2. The Morgan fingerprint density at radius 2 is 1.87 bits per heavy atom. The molecule has 0 saturated heterocycles. The van der Waals surface area contributed by atoms with Crippen LogP contribution in [0, 0.1) is 0 Å². The van der Waals surface area contributed by atoms with Gasteiger partial charge < -0.3 is 15.1 Å². The average Bonchev–Trinajstić information content (AvgIpc) is 3.47. The van der Waals surface area contributed by atoms with Crippen LogP contribution in [-0.4, -0.2) is 32.0 Å². The van der Waals surface area contributed by atoms with E-state index in [1.165, 1.54) is 12.6 Å². The van der Waals surface area contributed by atoms with Gasteiger partial charge in [0.1, 0.15) is 6.33 Å². The van der Waals surface area contributed by atoms with Crippen LogP contribution in [0.4, 0.5) is 5.69 Å². The molecule has 9 heteroatoms. The maximum absolute atomic E-state index is 12.3. The molecule has 0 radical (unpaired) electrons. The van der Waals surface area contributed by atoms with Gasteiger partial charge in [-0.15, -0.1) is 5.10 Å². The number of amides is 2. The summed E-state index contributed by atoms with van der Waals surface area (Å²) >= 11 is 0. The quantitative estimate of drug-likeness (QED) is 0.490. The van der Waals surface area contributed by atoms with Crippen LogP contribution in [0.5, 0.6) is 0 Å². The average molecular weight is 402 g/mol. The maximum Gasteiger partial charge on any atom is 0.291 e. The minimum Gasteiger partial charge on any atom is -0.459 e. The smallest absolute Gasteiger partial charge is 0.291 e. The molecule has 0 aliphatic rings. The van der Waals surface area contributed by atoms with Crippen molar-refractivity contribution in [1.29, 1.82) is 0 Å². The molecule has 0 aliphatic carbocycles. The number of hydrogen-bond acceptors (Lipinski definition) is 6. The summed E-state index contributed by atoms with van der Waals surface area (Å²) in [6, 6.07) is 18.0. The lowest BCUT2D eigenvalue weighted by molar-refractivity contribution is -0.120. The van der Waals surface area contributed by atoms with Crippen LogP contribution in [-0.2, 0) is 17.8 Å². The Labute approximate surface area is 171 Å². The Hall–Kier alpha value is -4.27. The van der Waals surface area contributed by atoms with Gasteiger partial charge in [-0.3, -0.25) is 9.59 Å². The Kier molecular flexibility index (Phi) is 5.61. The lowest BCUT2D eigenvalue weighted by atomic mass is 10.1. The summed E-state index contributed by atoms with van der Waals surface area (Å²) in [7, 11) is 0. The van der Waals surface area contributed by atoms with E-state index in [1.807, 2.05) is 42.5 Å². The fourth-order valence-electron chi connectivity index (χ4n) is 2.85. The SMILES string of the molecule is O=C(Cc1ccc(-n2cnnn2)cc1)NCc1cccc(NC(=O)c2ccco2)c1. The van der Waals surface area contributed by atoms with Gasteiger partial charge in [-0.2, -0.15) is 0 Å². The highest BCUT2D eigenvalue weighted by atomic mass is 16.3. The molecule has 30 heavy (non-hydrogen) atoms. The lowest BCUT2D eigenvalue weighted by Gasteiger charge is -2.09. The molecule has 0 atom stereocenters. The van der Waals surface area contributed by atoms with E-state index in [2.05, 4.69) is 26.2 Å². The van der Waals surface area contributed by atoms with Crippen molar-refractivity contribution in [2.45, 2.75) is 13.0 Å². The van der Waals surface area contributed by atoms with Crippen LogP contribution in [0.15, 0.2) is 77.7 Å². The molecule has 2 heterocycles. The Morgan fingerprint density at radius 3 is 2.60 bits per heavy atom. The number of nitrogens with zero attached hydrogens (tertiary/aromatic N) is 4. The van der Waals surface area contributed by atoms with Gasteiger partial charge in [-0.25, -0.2) is 4.68 Å². The standard InChI is InChI=1S/C21H18N6O3/c28-20(12-15-6-8-18(9-7-15)27-14-23-25-26-27)22-13-16-3-1-4-17(11-16)24-21(29)19-5-2-10-30-19/h1-11,14H,12-13H2,(H,22,28)(H,24,29). The van der Waals surface area contributed by atoms with Gasteiger partial charge in [0.25, 0.3) is 5.91 Å². The first-order valence-corrected chi connectivity index (χ1v) is 9.20. The second kappa shape index (κ2) is 8.82. The van der Waals surface area contributed by atoms with E-state index in [-0.39, 0.29) is 24.0 Å². The van der Waals surface area contributed by atoms with Crippen molar-refractivity contribution in [2.75, 3.05) is 5.32 Å². The van der Waals surface area contributed by atoms with Crippen LogP contribution < -0.4 is 10.6 Å². The highest BCUT2D eigenvalue weighted by Crippen LogP contribution is 2.13. The number of carbonyl (C=O) groups is 2. The summed E-state index contributed by atoms with van der Waals surface area (Å²) in [5.41, 5.74) is 3.19. The van der Waals surface area contributed by atoms with E-state index >= 15 is 0 Å². The van der Waals surface area contributed by atoms with E-state index in [0.717, 1.165) is 16.8 Å². The molecule has 2 N–H and O–H groups in total. The van der Waals surface area contributed by atoms with Gasteiger partial charge in [0.05, 0.1) is 18.4 Å². The molecule has 4 rings (SSSR count). The predicted octanol–water partition coefficient (Wildman–Crippen LogP) is 2.37. The maximum atomic E-state index is 12.3. The highest BCUT2D eigenvalue weighted by Gasteiger charge is 2.09. The van der Waals surface area contributed by atoms with Gasteiger partial charge in [-0.1, -0.05) is 24.3 Å². The van der Waals surface area contributed by atoms with Crippen molar-refractivity contribution in [1.82, 2.24) is 25.5 Å². The zero-order valence-electron chi connectivity index (χ0n) is 15.9. The molecule has 0 aliphatic heterocycles. The summed E-state index contributed by atoms with van der Waals surface area (Å²) < 4.78 is 6.62. The van der Waals surface area contributed by atoms with Crippen molar-refractivity contribution in [3.05, 3.63) is 90.1 Å². The number of furan rings is 1. The molecular formula is C21H18N6O3. The molecule has 2 aromatic carbocycles. The van der Waals surface area contributed by atoms with Crippen molar-refractivity contribution in [3.8, 4) is 5.69 Å². The van der Waals surface area contributed by atoms with Crippen molar-refractivity contribution in [3.63, 3.8) is 0 Å². The molecule has 4 aromatic rings. The predicted molar refractivity (Wildman–Crippen MR) is 108 cm³/mol. The number of hydrogen-bond donors (Lipinski definition) is 2. The molecule has 2 aromatic heterocycles. The van der Waals surface area contributed by atoms with Crippen LogP contribution in [0.25, 0.3) is 5.69 Å². The Bertz CT molecular complexity index is 1120. The summed E-state index contributed by atoms with van der Waals surface area (Å²) in [4.78, 5) is 24.4. The van der Waals surface area contributed by atoms with Gasteiger partial charge in [0.15, 0.2) is 5.76 Å². The second-order valence-corrected chi connectivity index (χ2v) is 6.51. The van der Waals surface area contributed by atoms with Gasteiger partial charge in [0, 0.05) is 12.2 Å². The number of nitrogens with one attached hydrogen (secondary N) is 2. The topological polar surface area (TPSA) is 115 Å². The Balaban J connectivity index is 1.30. The summed E-state index contributed by atoms with van der Waals surface area (Å²) in [5, 5.41) is 16.7. The minimum absolute atomic E-state index is 0.102. The molecule has 0 saturated carbocycles. The van der Waals surface area contributed by atoms with E-state index < -0.39 is 0 Å². The van der Waals surface area contributed by atoms with Crippen LogP contribution in [0.1, 0.15) is 21.7 Å². The first kappa shape index (κ1) is 19.1. The summed E-state index contributed by atoms with van der Waals surface area (Å²) in [6.07, 6.45) is 3.21. The normalized spacial score (nSPS) is 10.5. The van der Waals surface area contributed by atoms with Crippen LogP contribution in [0.2, 0.25) is 0 Å². The zero-order valence-corrected chi connectivity index (χ0v) is 15.9. The fourth-order valence-corrected chi connectivity index (χ4v) is 2.85. The minimum atomic E-state index is -0.327. The Morgan fingerprint density at radius 1 is 1.00 bits per heavy atom. The molecule has 150 valence electrons. The lowest BCUT2D eigenvalue weighted by Crippen LogP contribution is -2.24. The van der Waals surface area contributed by atoms with E-state index in [4.69, 9.17) is 4.42 Å². The molecule has 9 nitrogen and oxygen atoms in total. The number of benzene rings is 2. The number of anilines is 1. The highest BCUT2D eigenvalue weighted by molar-refractivity contribution is 6.02. The van der Waals surface area contributed by atoms with E-state index in [9.17, 15) is 9.59 Å². The number of rotatable bonds is 7. The third-order valence-electron chi connectivity index (χ3n) is 4.33. The molecule has 0 spiro atoms. The molecule has 0 fully saturated rings. The largest absolute Gasteiger partial charge is 0.459 e. The summed E-state index contributed by atoms with van der Waals surface area (Å²) in [6.45, 7) is 0.353. The fraction of sp³-hybridized carbons (Fsp3) is 0.0952. The number of tetrazole rings is 1. The first-order valence-electron chi connectivity index (χ1n) is 9.20. The molecule has 2 amide bonds. The number of aromatic nitrogens is 4. The van der Waals surface area contributed by atoms with Crippen molar-refractivity contribution < 1.29 is 14.0 Å². The third kappa shape index (κ3) is 4.76. The van der Waals surface area contributed by atoms with Gasteiger partial charge in [0.2, 0.25) is 5.91 Å². The van der Waals surface area contributed by atoms with E-state index in [1.54, 1.807) is 22.9 Å². The monoisotopic (exact) mass is 402 g/mol. The van der Waals surface area contributed by atoms with Crippen LogP contribution >= 0.6 is 0 Å². The molecular weight excluding hydrogens is 384 g/mol.